The lowest BCUT2D eigenvalue weighted by atomic mass is 10.0. The highest BCUT2D eigenvalue weighted by Crippen LogP contribution is 2.29. The number of amides is 2. The van der Waals surface area contributed by atoms with Crippen molar-refractivity contribution in [2.75, 3.05) is 20.1 Å². The van der Waals surface area contributed by atoms with Gasteiger partial charge in [0.2, 0.25) is 11.8 Å². The van der Waals surface area contributed by atoms with Crippen LogP contribution in [-0.2, 0) is 35.3 Å². The normalized spacial score (nSPS) is 15.4. The number of aromatic nitrogens is 1. The summed E-state index contributed by atoms with van der Waals surface area (Å²) in [7, 11) is 1.82. The first-order valence-electron chi connectivity index (χ1n) is 17.4. The summed E-state index contributed by atoms with van der Waals surface area (Å²) in [4.78, 5) is 39.0. The van der Waals surface area contributed by atoms with Gasteiger partial charge < -0.3 is 9.80 Å². The zero-order valence-electron chi connectivity index (χ0n) is 29.0. The average Bonchev–Trinajstić information content (AvgIpc) is 3.64. The molecule has 6 nitrogen and oxygen atoms in total. The molecule has 266 valence electrons. The quantitative estimate of drug-likeness (QED) is 0.123. The zero-order valence-corrected chi connectivity index (χ0v) is 29.0. The average molecular weight is 703 g/mol. The molecule has 1 fully saturated rings. The monoisotopic (exact) mass is 702 g/mol. The first-order chi connectivity index (χ1) is 25.1. The maximum atomic E-state index is 14.7. The molecule has 1 aliphatic rings. The zero-order chi connectivity index (χ0) is 36.5. The van der Waals surface area contributed by atoms with Crippen LogP contribution in [0.2, 0.25) is 0 Å². The number of carbonyl (C=O) groups is 2. The summed E-state index contributed by atoms with van der Waals surface area (Å²) in [5.74, 6) is -0.592. The number of hydrogen-bond acceptors (Lipinski definition) is 4. The predicted molar refractivity (Wildman–Crippen MR) is 198 cm³/mol. The second-order valence-corrected chi connectivity index (χ2v) is 13.1. The van der Waals surface area contributed by atoms with Crippen LogP contribution in [0.4, 0.5) is 13.2 Å². The van der Waals surface area contributed by atoms with Crippen LogP contribution in [0.25, 0.3) is 17.3 Å². The highest BCUT2D eigenvalue weighted by atomic mass is 19.4. The molecule has 0 unspecified atom stereocenters. The van der Waals surface area contributed by atoms with Gasteiger partial charge in [-0.3, -0.25) is 19.5 Å². The van der Waals surface area contributed by atoms with E-state index in [0.717, 1.165) is 54.0 Å². The largest absolute Gasteiger partial charge is 0.416 e. The van der Waals surface area contributed by atoms with Crippen LogP contribution in [-0.4, -0.2) is 63.7 Å². The van der Waals surface area contributed by atoms with E-state index in [9.17, 15) is 22.8 Å². The van der Waals surface area contributed by atoms with Crippen molar-refractivity contribution in [1.82, 2.24) is 19.7 Å². The van der Waals surface area contributed by atoms with Crippen LogP contribution in [0.5, 0.6) is 0 Å². The molecule has 6 rings (SSSR count). The van der Waals surface area contributed by atoms with Crippen molar-refractivity contribution in [2.24, 2.45) is 0 Å². The van der Waals surface area contributed by atoms with Crippen LogP contribution in [0.3, 0.4) is 0 Å². The smallest absolute Gasteiger partial charge is 0.340 e. The van der Waals surface area contributed by atoms with Crippen molar-refractivity contribution in [3.05, 3.63) is 167 Å². The van der Waals surface area contributed by atoms with Gasteiger partial charge in [-0.05, 0) is 59.0 Å². The van der Waals surface area contributed by atoms with Crippen LogP contribution < -0.4 is 0 Å². The van der Waals surface area contributed by atoms with E-state index in [2.05, 4.69) is 22.0 Å². The summed E-state index contributed by atoms with van der Waals surface area (Å²) >= 11 is 0. The second-order valence-electron chi connectivity index (χ2n) is 13.1. The van der Waals surface area contributed by atoms with Gasteiger partial charge in [0.25, 0.3) is 0 Å². The van der Waals surface area contributed by atoms with Crippen LogP contribution >= 0.6 is 0 Å². The van der Waals surface area contributed by atoms with Crippen LogP contribution in [0, 0.1) is 0 Å². The Hall–Kier alpha value is -5.54. The third-order valence-corrected chi connectivity index (χ3v) is 9.53. The Morgan fingerprint density at radius 3 is 2.12 bits per heavy atom. The van der Waals surface area contributed by atoms with Gasteiger partial charge in [0.05, 0.1) is 11.3 Å². The van der Waals surface area contributed by atoms with E-state index in [4.69, 9.17) is 0 Å². The van der Waals surface area contributed by atoms with Gasteiger partial charge in [0, 0.05) is 63.5 Å². The van der Waals surface area contributed by atoms with E-state index >= 15 is 0 Å². The molecule has 0 bridgehead atoms. The van der Waals surface area contributed by atoms with Gasteiger partial charge in [0.15, 0.2) is 0 Å². The lowest BCUT2D eigenvalue weighted by Crippen LogP contribution is -2.53. The summed E-state index contributed by atoms with van der Waals surface area (Å²) in [6.07, 6.45) is 1.20. The Bertz CT molecular complexity index is 1930. The molecule has 0 saturated carbocycles. The number of likely N-dealkylation sites (tertiary alicyclic amines) is 1. The molecule has 0 N–H and O–H groups in total. The van der Waals surface area contributed by atoms with Crippen molar-refractivity contribution < 1.29 is 22.8 Å². The van der Waals surface area contributed by atoms with Crippen molar-refractivity contribution in [2.45, 2.75) is 44.2 Å². The van der Waals surface area contributed by atoms with Crippen molar-refractivity contribution >= 4 is 17.9 Å². The molecule has 0 radical (unpaired) electrons. The first-order valence-corrected chi connectivity index (χ1v) is 17.4. The molecule has 2 amide bonds. The Labute approximate surface area is 302 Å². The molecule has 2 heterocycles. The number of benzene rings is 4. The fourth-order valence-corrected chi connectivity index (χ4v) is 6.60. The number of halogens is 3. The first kappa shape index (κ1) is 36.3. The van der Waals surface area contributed by atoms with Crippen molar-refractivity contribution in [3.63, 3.8) is 0 Å². The van der Waals surface area contributed by atoms with Gasteiger partial charge >= 0.3 is 6.18 Å². The summed E-state index contributed by atoms with van der Waals surface area (Å²) < 4.78 is 39.6. The Balaban J connectivity index is 1.29. The lowest BCUT2D eigenvalue weighted by molar-refractivity contribution is -0.144. The molecule has 9 heteroatoms. The van der Waals surface area contributed by atoms with Gasteiger partial charge in [-0.2, -0.15) is 13.2 Å². The summed E-state index contributed by atoms with van der Waals surface area (Å²) in [6, 6.07) is 37.0. The van der Waals surface area contributed by atoms with Crippen LogP contribution in [0.15, 0.2) is 140 Å². The minimum absolute atomic E-state index is 0.0354. The molecule has 1 saturated heterocycles. The topological polar surface area (TPSA) is 56.8 Å². The molecule has 5 aromatic rings. The van der Waals surface area contributed by atoms with Crippen molar-refractivity contribution in [3.8, 4) is 11.3 Å². The summed E-state index contributed by atoms with van der Waals surface area (Å²) in [6.45, 7) is 2.49. The molecule has 52 heavy (non-hydrogen) atoms. The number of carbonyl (C=O) groups excluding carboxylic acids is 2. The SMILES string of the molecule is CN(C(=O)[C@H](Cc1ccccc1)N(Cc1ccc(-c2ccccn2)cc1)C(=O)C=Cc1ccc(C(F)(F)F)cc1)[C@H]1CCN(Cc2ccccc2)C1. The van der Waals surface area contributed by atoms with Gasteiger partial charge in [-0.25, -0.2) is 0 Å². The van der Waals surface area contributed by atoms with Gasteiger partial charge in [0.1, 0.15) is 6.04 Å². The highest BCUT2D eigenvalue weighted by molar-refractivity contribution is 5.95. The van der Waals surface area contributed by atoms with E-state index < -0.39 is 23.7 Å². The summed E-state index contributed by atoms with van der Waals surface area (Å²) in [5, 5.41) is 0. The molecule has 1 aliphatic heterocycles. The third-order valence-electron chi connectivity index (χ3n) is 9.53. The minimum Gasteiger partial charge on any atom is -0.340 e. The summed E-state index contributed by atoms with van der Waals surface area (Å²) in [5.41, 5.74) is 4.34. The second kappa shape index (κ2) is 16.7. The van der Waals surface area contributed by atoms with E-state index in [1.807, 2.05) is 98.0 Å². The number of nitrogens with zero attached hydrogens (tertiary/aromatic N) is 4. The molecule has 0 spiro atoms. The van der Waals surface area contributed by atoms with Gasteiger partial charge in [-0.1, -0.05) is 103 Å². The molecule has 4 aromatic carbocycles. The number of likely N-dealkylation sites (N-methyl/N-ethyl adjacent to an activating group) is 1. The van der Waals surface area contributed by atoms with Crippen LogP contribution in [0.1, 0.15) is 34.2 Å². The van der Waals surface area contributed by atoms with Crippen molar-refractivity contribution in [1.29, 1.82) is 0 Å². The fraction of sp³-hybridized carbons (Fsp3) is 0.233. The number of rotatable bonds is 12. The Kier molecular flexibility index (Phi) is 11.6. The highest BCUT2D eigenvalue weighted by Gasteiger charge is 2.36. The Morgan fingerprint density at radius 1 is 0.827 bits per heavy atom. The number of hydrogen-bond donors (Lipinski definition) is 0. The molecular weight excluding hydrogens is 661 g/mol. The standard InChI is InChI=1S/C43H41F3N4O2/c1-48(38-25-27-49(31-38)29-34-12-6-3-7-13-34)42(52)40(28-33-10-4-2-5-11-33)50(30-35-15-20-36(21-16-35)39-14-8-9-26-47-39)41(51)24-19-32-17-22-37(23-18-32)43(44,45)46/h2-24,26,38,40H,25,27-31H2,1H3/t38-,40-/m0/s1. The van der Waals surface area contributed by atoms with E-state index in [0.29, 0.717) is 12.1 Å². The maximum Gasteiger partial charge on any atom is 0.416 e. The van der Waals surface area contributed by atoms with E-state index in [1.54, 1.807) is 16.0 Å². The predicted octanol–water partition coefficient (Wildman–Crippen LogP) is 8.15. The molecule has 2 atom stereocenters. The van der Waals surface area contributed by atoms with Gasteiger partial charge in [-0.15, -0.1) is 0 Å². The molecule has 1 aromatic heterocycles. The van der Waals surface area contributed by atoms with E-state index in [-0.39, 0.29) is 24.9 Å². The lowest BCUT2D eigenvalue weighted by Gasteiger charge is -2.35. The maximum absolute atomic E-state index is 14.7. The van der Waals surface area contributed by atoms with E-state index in [1.165, 1.54) is 29.8 Å². The number of pyridine rings is 1. The number of alkyl halides is 3. The minimum atomic E-state index is -4.46. The third kappa shape index (κ3) is 9.41. The molecular formula is C43H41F3N4O2. The Morgan fingerprint density at radius 2 is 1.48 bits per heavy atom. The fourth-order valence-electron chi connectivity index (χ4n) is 6.60. The molecule has 0 aliphatic carbocycles.